The van der Waals surface area contributed by atoms with Crippen LogP contribution in [0.2, 0.25) is 0 Å². The first-order valence-corrected chi connectivity index (χ1v) is 5.46. The number of aromatic nitrogens is 3. The number of aromatic hydroxyl groups is 1. The lowest BCUT2D eigenvalue weighted by Gasteiger charge is -2.08. The molecule has 6 nitrogen and oxygen atoms in total. The van der Waals surface area contributed by atoms with E-state index in [0.29, 0.717) is 10.2 Å². The van der Waals surface area contributed by atoms with E-state index in [1.165, 1.54) is 13.1 Å². The van der Waals surface area contributed by atoms with Crippen LogP contribution < -0.4 is 11.2 Å². The van der Waals surface area contributed by atoms with Crippen molar-refractivity contribution in [2.75, 3.05) is 0 Å². The van der Waals surface area contributed by atoms with Crippen molar-refractivity contribution in [3.63, 3.8) is 0 Å². The quantitative estimate of drug-likeness (QED) is 0.811. The monoisotopic (exact) mass is 297 g/mol. The molecule has 2 N–H and O–H groups in total. The molecule has 88 valence electrons. The topological polar surface area (TPSA) is 88.0 Å². The van der Waals surface area contributed by atoms with Crippen LogP contribution >= 0.6 is 15.9 Å². The fraction of sp³-hybridized carbons (Fsp3) is 0.100. The Bertz CT molecular complexity index is 690. The third-order valence-corrected chi connectivity index (χ3v) is 2.69. The number of aromatic amines is 1. The van der Waals surface area contributed by atoms with Gasteiger partial charge in [-0.15, -0.1) is 0 Å². The molecule has 0 aliphatic carbocycles. The van der Waals surface area contributed by atoms with Crippen LogP contribution in [0.3, 0.4) is 0 Å². The molecular weight excluding hydrogens is 290 g/mol. The molecule has 0 atom stereocenters. The first-order valence-electron chi connectivity index (χ1n) is 4.66. The number of hydrogen-bond donors (Lipinski definition) is 2. The normalized spacial score (nSPS) is 10.5. The lowest BCUT2D eigenvalue weighted by atomic mass is 10.3. The van der Waals surface area contributed by atoms with Crippen LogP contribution in [0.1, 0.15) is 5.56 Å². The summed E-state index contributed by atoms with van der Waals surface area (Å²) in [6, 6.07) is 1.60. The first-order chi connectivity index (χ1) is 8.00. The number of H-pyrrole nitrogens is 1. The molecule has 0 aliphatic rings. The van der Waals surface area contributed by atoms with Crippen molar-refractivity contribution in [2.45, 2.75) is 6.92 Å². The molecule has 0 aliphatic heterocycles. The van der Waals surface area contributed by atoms with Gasteiger partial charge in [0.15, 0.2) is 0 Å². The van der Waals surface area contributed by atoms with Crippen LogP contribution in [-0.2, 0) is 0 Å². The van der Waals surface area contributed by atoms with Crippen LogP contribution in [0.5, 0.6) is 5.88 Å². The molecule has 0 unspecified atom stereocenters. The number of pyridine rings is 1. The van der Waals surface area contributed by atoms with Gasteiger partial charge in [-0.25, -0.2) is 9.36 Å². The molecule has 0 spiro atoms. The van der Waals surface area contributed by atoms with Crippen molar-refractivity contribution in [3.05, 3.63) is 49.3 Å². The Morgan fingerprint density at radius 3 is 2.76 bits per heavy atom. The van der Waals surface area contributed by atoms with Crippen LogP contribution in [0.15, 0.2) is 32.5 Å². The summed E-state index contributed by atoms with van der Waals surface area (Å²) >= 11 is 3.21. The van der Waals surface area contributed by atoms with E-state index < -0.39 is 17.1 Å². The fourth-order valence-electron chi connectivity index (χ4n) is 1.37. The summed E-state index contributed by atoms with van der Waals surface area (Å²) in [7, 11) is 0. The SMILES string of the molecule is Cc1c(O)n(-c2cncc(Br)c2)c(=O)[nH]c1=O. The van der Waals surface area contributed by atoms with Gasteiger partial charge >= 0.3 is 5.69 Å². The van der Waals surface area contributed by atoms with Gasteiger partial charge in [0.2, 0.25) is 5.88 Å². The Balaban J connectivity index is 2.81. The van der Waals surface area contributed by atoms with E-state index in [0.717, 1.165) is 4.57 Å². The second-order valence-corrected chi connectivity index (χ2v) is 4.32. The van der Waals surface area contributed by atoms with Gasteiger partial charge in [0.1, 0.15) is 0 Å². The number of halogens is 1. The van der Waals surface area contributed by atoms with Crippen LogP contribution in [0, 0.1) is 6.92 Å². The summed E-state index contributed by atoms with van der Waals surface area (Å²) in [5.74, 6) is -0.390. The molecule has 0 fully saturated rings. The summed E-state index contributed by atoms with van der Waals surface area (Å²) < 4.78 is 1.64. The van der Waals surface area contributed by atoms with Gasteiger partial charge in [-0.05, 0) is 28.9 Å². The zero-order valence-electron chi connectivity index (χ0n) is 8.77. The van der Waals surface area contributed by atoms with Crippen LogP contribution in [0.4, 0.5) is 0 Å². The largest absolute Gasteiger partial charge is 0.494 e. The molecule has 17 heavy (non-hydrogen) atoms. The summed E-state index contributed by atoms with van der Waals surface area (Å²) in [5.41, 5.74) is -0.879. The van der Waals surface area contributed by atoms with Crippen molar-refractivity contribution in [1.29, 1.82) is 0 Å². The maximum absolute atomic E-state index is 11.6. The molecule has 0 amide bonds. The highest BCUT2D eigenvalue weighted by Crippen LogP contribution is 2.17. The maximum atomic E-state index is 11.6. The Labute approximate surface area is 104 Å². The van der Waals surface area contributed by atoms with Crippen molar-refractivity contribution in [2.24, 2.45) is 0 Å². The van der Waals surface area contributed by atoms with E-state index in [-0.39, 0.29) is 5.56 Å². The standard InChI is InChI=1S/C10H8BrN3O3/c1-5-8(15)13-10(17)14(9(5)16)7-2-6(11)3-12-4-7/h2-4,16H,1H3,(H,13,15,17). The predicted octanol–water partition coefficient (Wildman–Crippen LogP) is 0.697. The Hall–Kier alpha value is -1.89. The number of hydrogen-bond acceptors (Lipinski definition) is 4. The summed E-state index contributed by atoms with van der Waals surface area (Å²) in [5, 5.41) is 9.80. The lowest BCUT2D eigenvalue weighted by Crippen LogP contribution is -2.30. The predicted molar refractivity (Wildman–Crippen MR) is 64.6 cm³/mol. The van der Waals surface area contributed by atoms with Gasteiger partial charge in [-0.2, -0.15) is 0 Å². The van der Waals surface area contributed by atoms with Crippen molar-refractivity contribution >= 4 is 15.9 Å². The Morgan fingerprint density at radius 1 is 1.41 bits per heavy atom. The molecular formula is C10H8BrN3O3. The molecule has 0 aromatic carbocycles. The van der Waals surface area contributed by atoms with Gasteiger partial charge in [0, 0.05) is 10.7 Å². The minimum Gasteiger partial charge on any atom is -0.494 e. The van der Waals surface area contributed by atoms with Crippen molar-refractivity contribution in [3.8, 4) is 11.6 Å². The highest BCUT2D eigenvalue weighted by molar-refractivity contribution is 9.10. The minimum absolute atomic E-state index is 0.0737. The third-order valence-electron chi connectivity index (χ3n) is 2.26. The van der Waals surface area contributed by atoms with E-state index in [9.17, 15) is 14.7 Å². The van der Waals surface area contributed by atoms with Crippen molar-refractivity contribution < 1.29 is 5.11 Å². The van der Waals surface area contributed by atoms with Crippen LogP contribution in [-0.4, -0.2) is 19.6 Å². The smallest absolute Gasteiger partial charge is 0.335 e. The molecule has 0 saturated heterocycles. The molecule has 2 aromatic heterocycles. The number of nitrogens with zero attached hydrogens (tertiary/aromatic N) is 2. The lowest BCUT2D eigenvalue weighted by molar-refractivity contribution is 0.426. The minimum atomic E-state index is -0.710. The van der Waals surface area contributed by atoms with E-state index >= 15 is 0 Å². The van der Waals surface area contributed by atoms with E-state index in [4.69, 9.17) is 0 Å². The molecule has 0 radical (unpaired) electrons. The summed E-state index contributed by atoms with van der Waals surface area (Å²) in [6.07, 6.45) is 2.95. The molecule has 2 heterocycles. The summed E-state index contributed by atoms with van der Waals surface area (Å²) in [4.78, 5) is 28.9. The Morgan fingerprint density at radius 2 is 2.12 bits per heavy atom. The highest BCUT2D eigenvalue weighted by Gasteiger charge is 2.12. The zero-order valence-corrected chi connectivity index (χ0v) is 10.4. The molecule has 2 aromatic rings. The van der Waals surface area contributed by atoms with Gasteiger partial charge < -0.3 is 5.11 Å². The Kier molecular flexibility index (Phi) is 2.84. The van der Waals surface area contributed by atoms with E-state index in [1.807, 2.05) is 0 Å². The van der Waals surface area contributed by atoms with Crippen LogP contribution in [0.25, 0.3) is 5.69 Å². The second-order valence-electron chi connectivity index (χ2n) is 3.40. The molecule has 0 bridgehead atoms. The van der Waals surface area contributed by atoms with Gasteiger partial charge in [-0.3, -0.25) is 14.8 Å². The van der Waals surface area contributed by atoms with Gasteiger partial charge in [0.05, 0.1) is 17.4 Å². The highest BCUT2D eigenvalue weighted by atomic mass is 79.9. The molecule has 0 saturated carbocycles. The average Bonchev–Trinajstić information content (AvgIpc) is 2.26. The second kappa shape index (κ2) is 4.17. The fourth-order valence-corrected chi connectivity index (χ4v) is 1.73. The maximum Gasteiger partial charge on any atom is 0.335 e. The number of rotatable bonds is 1. The van der Waals surface area contributed by atoms with E-state index in [1.54, 1.807) is 12.3 Å². The van der Waals surface area contributed by atoms with E-state index in [2.05, 4.69) is 25.9 Å². The first kappa shape index (κ1) is 11.6. The summed E-state index contributed by atoms with van der Waals surface area (Å²) in [6.45, 7) is 1.43. The molecule has 2 rings (SSSR count). The molecule has 7 heteroatoms. The average molecular weight is 298 g/mol. The number of nitrogens with one attached hydrogen (secondary N) is 1. The van der Waals surface area contributed by atoms with Crippen molar-refractivity contribution in [1.82, 2.24) is 14.5 Å². The van der Waals surface area contributed by atoms with Gasteiger partial charge in [0.25, 0.3) is 5.56 Å². The zero-order chi connectivity index (χ0) is 12.6. The van der Waals surface area contributed by atoms with Gasteiger partial charge in [-0.1, -0.05) is 0 Å². The third kappa shape index (κ3) is 2.01.